The van der Waals surface area contributed by atoms with E-state index in [1.807, 2.05) is 0 Å². The van der Waals surface area contributed by atoms with Gasteiger partial charge in [0.1, 0.15) is 0 Å². The fourth-order valence-electron chi connectivity index (χ4n) is 1.76. The van der Waals surface area contributed by atoms with E-state index < -0.39 is 5.97 Å². The number of esters is 1. The van der Waals surface area contributed by atoms with Gasteiger partial charge in [-0.05, 0) is 19.8 Å². The standard InChI is InChI=1S/C10H12N2O3/c1-2-15-10(14)9-8-6(11-12-9)4-3-5-7(8)13/h2-5H2,1H3,(H,11,12). The van der Waals surface area contributed by atoms with Gasteiger partial charge in [0.2, 0.25) is 0 Å². The minimum Gasteiger partial charge on any atom is -0.461 e. The van der Waals surface area contributed by atoms with Gasteiger partial charge in [0.25, 0.3) is 0 Å². The van der Waals surface area contributed by atoms with E-state index in [-0.39, 0.29) is 18.1 Å². The van der Waals surface area contributed by atoms with Crippen LogP contribution < -0.4 is 0 Å². The number of nitrogens with zero attached hydrogens (tertiary/aromatic N) is 1. The predicted octanol–water partition coefficient (Wildman–Crippen LogP) is 1.11. The van der Waals surface area contributed by atoms with Crippen molar-refractivity contribution in [2.24, 2.45) is 0 Å². The lowest BCUT2D eigenvalue weighted by Crippen LogP contribution is -2.15. The van der Waals surface area contributed by atoms with Crippen molar-refractivity contribution >= 4 is 11.8 Å². The van der Waals surface area contributed by atoms with Crippen LogP contribution in [0.5, 0.6) is 0 Å². The first-order chi connectivity index (χ1) is 7.24. The molecule has 1 heterocycles. The maximum Gasteiger partial charge on any atom is 0.359 e. The fourth-order valence-corrected chi connectivity index (χ4v) is 1.76. The summed E-state index contributed by atoms with van der Waals surface area (Å²) in [6.45, 7) is 2.01. The summed E-state index contributed by atoms with van der Waals surface area (Å²) in [6.07, 6.45) is 2.07. The van der Waals surface area contributed by atoms with Crippen molar-refractivity contribution in [2.75, 3.05) is 6.61 Å². The van der Waals surface area contributed by atoms with E-state index in [1.54, 1.807) is 6.92 Å². The van der Waals surface area contributed by atoms with Crippen LogP contribution >= 0.6 is 0 Å². The third-order valence-electron chi connectivity index (χ3n) is 2.42. The highest BCUT2D eigenvalue weighted by atomic mass is 16.5. The monoisotopic (exact) mass is 208 g/mol. The lowest BCUT2D eigenvalue weighted by molar-refractivity contribution is 0.0516. The maximum absolute atomic E-state index is 11.6. The van der Waals surface area contributed by atoms with Gasteiger partial charge in [-0.25, -0.2) is 4.79 Å². The number of hydrogen-bond acceptors (Lipinski definition) is 4. The Balaban J connectivity index is 2.37. The molecule has 1 aromatic heterocycles. The zero-order valence-corrected chi connectivity index (χ0v) is 8.50. The van der Waals surface area contributed by atoms with Crippen molar-refractivity contribution in [1.82, 2.24) is 10.2 Å². The molecule has 5 nitrogen and oxygen atoms in total. The van der Waals surface area contributed by atoms with Crippen LogP contribution in [0.25, 0.3) is 0 Å². The Morgan fingerprint density at radius 1 is 1.53 bits per heavy atom. The quantitative estimate of drug-likeness (QED) is 0.739. The second kappa shape index (κ2) is 3.84. The number of carbonyl (C=O) groups is 2. The summed E-state index contributed by atoms with van der Waals surface area (Å²) in [5.74, 6) is -0.543. The molecule has 0 saturated heterocycles. The van der Waals surface area contributed by atoms with E-state index >= 15 is 0 Å². The minimum absolute atomic E-state index is 0.0203. The SMILES string of the molecule is CCOC(=O)c1n[nH]c2c1C(=O)CCC2. The van der Waals surface area contributed by atoms with E-state index in [0.29, 0.717) is 12.0 Å². The van der Waals surface area contributed by atoms with Crippen molar-refractivity contribution in [3.63, 3.8) is 0 Å². The van der Waals surface area contributed by atoms with Gasteiger partial charge in [-0.3, -0.25) is 9.89 Å². The molecule has 0 fully saturated rings. The van der Waals surface area contributed by atoms with Gasteiger partial charge in [0, 0.05) is 12.1 Å². The summed E-state index contributed by atoms with van der Waals surface area (Å²) < 4.78 is 4.83. The van der Waals surface area contributed by atoms with Crippen LogP contribution in [-0.4, -0.2) is 28.6 Å². The Morgan fingerprint density at radius 3 is 3.07 bits per heavy atom. The van der Waals surface area contributed by atoms with Crippen molar-refractivity contribution in [3.05, 3.63) is 17.0 Å². The second-order valence-corrected chi connectivity index (χ2v) is 3.42. The molecule has 0 atom stereocenters. The van der Waals surface area contributed by atoms with E-state index in [4.69, 9.17) is 4.74 Å². The van der Waals surface area contributed by atoms with Crippen LogP contribution in [0.2, 0.25) is 0 Å². The number of ether oxygens (including phenoxy) is 1. The third-order valence-corrected chi connectivity index (χ3v) is 2.42. The molecule has 0 aromatic carbocycles. The Kier molecular flexibility index (Phi) is 2.53. The molecule has 5 heteroatoms. The molecule has 0 spiro atoms. The van der Waals surface area contributed by atoms with Gasteiger partial charge in [-0.15, -0.1) is 0 Å². The Bertz CT molecular complexity index is 409. The van der Waals surface area contributed by atoms with Gasteiger partial charge >= 0.3 is 5.97 Å². The van der Waals surface area contributed by atoms with Crippen molar-refractivity contribution in [1.29, 1.82) is 0 Å². The van der Waals surface area contributed by atoms with Crippen LogP contribution in [0.4, 0.5) is 0 Å². The summed E-state index contributed by atoms with van der Waals surface area (Å²) in [7, 11) is 0. The number of aryl methyl sites for hydroxylation is 1. The first-order valence-electron chi connectivity index (χ1n) is 5.01. The minimum atomic E-state index is -0.523. The summed E-state index contributed by atoms with van der Waals surface area (Å²) in [5, 5.41) is 6.57. The Morgan fingerprint density at radius 2 is 2.33 bits per heavy atom. The first kappa shape index (κ1) is 9.89. The van der Waals surface area contributed by atoms with E-state index in [9.17, 15) is 9.59 Å². The fraction of sp³-hybridized carbons (Fsp3) is 0.500. The summed E-state index contributed by atoms with van der Waals surface area (Å²) in [4.78, 5) is 23.1. The Hall–Kier alpha value is -1.65. The van der Waals surface area contributed by atoms with Crippen LogP contribution in [-0.2, 0) is 11.2 Å². The molecule has 0 radical (unpaired) electrons. The molecule has 1 aromatic rings. The summed E-state index contributed by atoms with van der Waals surface area (Å²) >= 11 is 0. The van der Waals surface area contributed by atoms with Gasteiger partial charge in [0.05, 0.1) is 12.2 Å². The molecule has 0 saturated carbocycles. The number of nitrogens with one attached hydrogen (secondary N) is 1. The molecule has 15 heavy (non-hydrogen) atoms. The smallest absolute Gasteiger partial charge is 0.359 e. The van der Waals surface area contributed by atoms with Crippen LogP contribution in [0.15, 0.2) is 0 Å². The predicted molar refractivity (Wildman–Crippen MR) is 51.8 cm³/mol. The number of ketones is 1. The highest BCUT2D eigenvalue weighted by molar-refractivity contribution is 6.06. The third kappa shape index (κ3) is 1.65. The van der Waals surface area contributed by atoms with Crippen LogP contribution in [0.3, 0.4) is 0 Å². The molecule has 1 aliphatic carbocycles. The molecule has 0 unspecified atom stereocenters. The average Bonchev–Trinajstić information content (AvgIpc) is 2.63. The van der Waals surface area contributed by atoms with Crippen LogP contribution in [0, 0.1) is 0 Å². The van der Waals surface area contributed by atoms with Crippen LogP contribution in [0.1, 0.15) is 46.3 Å². The number of Topliss-reactive ketones (excluding diaryl/α,β-unsaturated/α-hetero) is 1. The van der Waals surface area contributed by atoms with Crippen molar-refractivity contribution in [3.8, 4) is 0 Å². The molecular formula is C10H12N2O3. The molecule has 1 N–H and O–H groups in total. The molecule has 0 amide bonds. The van der Waals surface area contributed by atoms with Gasteiger partial charge in [-0.2, -0.15) is 5.10 Å². The number of rotatable bonds is 2. The number of H-pyrrole nitrogens is 1. The molecule has 80 valence electrons. The molecule has 0 bridgehead atoms. The number of fused-ring (bicyclic) bond motifs is 1. The average molecular weight is 208 g/mol. The number of aromatic amines is 1. The highest BCUT2D eigenvalue weighted by Gasteiger charge is 2.28. The van der Waals surface area contributed by atoms with Gasteiger partial charge in [-0.1, -0.05) is 0 Å². The van der Waals surface area contributed by atoms with Gasteiger partial charge in [0.15, 0.2) is 11.5 Å². The lowest BCUT2D eigenvalue weighted by atomic mass is 9.95. The first-order valence-corrected chi connectivity index (χ1v) is 5.01. The van der Waals surface area contributed by atoms with Crippen molar-refractivity contribution < 1.29 is 14.3 Å². The van der Waals surface area contributed by atoms with Crippen molar-refractivity contribution in [2.45, 2.75) is 26.2 Å². The zero-order chi connectivity index (χ0) is 10.8. The summed E-state index contributed by atoms with van der Waals surface area (Å²) in [5.41, 5.74) is 1.32. The lowest BCUT2D eigenvalue weighted by Gasteiger charge is -2.09. The van der Waals surface area contributed by atoms with E-state index in [1.165, 1.54) is 0 Å². The summed E-state index contributed by atoms with van der Waals surface area (Å²) in [6, 6.07) is 0. The molecule has 2 rings (SSSR count). The second-order valence-electron chi connectivity index (χ2n) is 3.42. The van der Waals surface area contributed by atoms with Gasteiger partial charge < -0.3 is 4.74 Å². The molecular weight excluding hydrogens is 196 g/mol. The normalized spacial score (nSPS) is 14.9. The van der Waals surface area contributed by atoms with E-state index in [2.05, 4.69) is 10.2 Å². The number of hydrogen-bond donors (Lipinski definition) is 1. The number of carbonyl (C=O) groups excluding carboxylic acids is 2. The topological polar surface area (TPSA) is 72.0 Å². The molecule has 0 aliphatic heterocycles. The highest BCUT2D eigenvalue weighted by Crippen LogP contribution is 2.22. The largest absolute Gasteiger partial charge is 0.461 e. The number of aromatic nitrogens is 2. The maximum atomic E-state index is 11.6. The zero-order valence-electron chi connectivity index (χ0n) is 8.50. The Labute approximate surface area is 86.8 Å². The molecule has 1 aliphatic rings. The van der Waals surface area contributed by atoms with E-state index in [0.717, 1.165) is 18.5 Å².